The molecule has 0 saturated heterocycles. The van der Waals surface area contributed by atoms with E-state index in [9.17, 15) is 0 Å². The van der Waals surface area contributed by atoms with Gasteiger partial charge in [0.2, 0.25) is 0 Å². The van der Waals surface area contributed by atoms with E-state index in [0.29, 0.717) is 17.8 Å². The molecule has 1 atom stereocenters. The standard InChI is InChI=1S/C13H30O2Si/c1-8-14-12(9(2)3)13(15-16,10(4)5)11(6)7/h9-12H,8H2,1-7,16H3. The van der Waals surface area contributed by atoms with Crippen LogP contribution in [0.1, 0.15) is 48.5 Å². The van der Waals surface area contributed by atoms with Crippen LogP contribution in [0.3, 0.4) is 0 Å². The number of hydrogen-bond acceptors (Lipinski definition) is 2. The quantitative estimate of drug-likeness (QED) is 0.642. The molecule has 0 aromatic rings. The van der Waals surface area contributed by atoms with E-state index in [4.69, 9.17) is 9.16 Å². The summed E-state index contributed by atoms with van der Waals surface area (Å²) in [6, 6.07) is 0. The summed E-state index contributed by atoms with van der Waals surface area (Å²) >= 11 is 0. The predicted molar refractivity (Wildman–Crippen MR) is 73.7 cm³/mol. The van der Waals surface area contributed by atoms with Crippen molar-refractivity contribution in [1.82, 2.24) is 0 Å². The maximum absolute atomic E-state index is 6.05. The van der Waals surface area contributed by atoms with Crippen molar-refractivity contribution in [2.45, 2.75) is 60.2 Å². The maximum Gasteiger partial charge on any atom is 0.146 e. The van der Waals surface area contributed by atoms with Crippen molar-refractivity contribution in [3.8, 4) is 0 Å². The average Bonchev–Trinajstić information content (AvgIpc) is 2.16. The van der Waals surface area contributed by atoms with Gasteiger partial charge in [-0.1, -0.05) is 41.5 Å². The Balaban J connectivity index is 5.24. The highest BCUT2D eigenvalue weighted by atomic mass is 28.2. The monoisotopic (exact) mass is 246 g/mol. The highest BCUT2D eigenvalue weighted by Crippen LogP contribution is 2.37. The molecule has 0 N–H and O–H groups in total. The van der Waals surface area contributed by atoms with E-state index in [2.05, 4.69) is 48.5 Å². The zero-order valence-corrected chi connectivity index (χ0v) is 14.3. The van der Waals surface area contributed by atoms with Crippen LogP contribution < -0.4 is 0 Å². The molecule has 0 rings (SSSR count). The van der Waals surface area contributed by atoms with Crippen molar-refractivity contribution in [3.05, 3.63) is 0 Å². The van der Waals surface area contributed by atoms with Gasteiger partial charge in [0.1, 0.15) is 10.5 Å². The van der Waals surface area contributed by atoms with Crippen LogP contribution in [-0.4, -0.2) is 28.8 Å². The van der Waals surface area contributed by atoms with Crippen molar-refractivity contribution in [2.24, 2.45) is 17.8 Å². The summed E-state index contributed by atoms with van der Waals surface area (Å²) in [5, 5.41) is 0. The first-order valence-electron chi connectivity index (χ1n) is 6.51. The molecule has 0 bridgehead atoms. The lowest BCUT2D eigenvalue weighted by molar-refractivity contribution is -0.154. The van der Waals surface area contributed by atoms with Gasteiger partial charge in [-0.3, -0.25) is 0 Å². The van der Waals surface area contributed by atoms with Crippen LogP contribution >= 0.6 is 0 Å². The van der Waals surface area contributed by atoms with Crippen LogP contribution in [0.4, 0.5) is 0 Å². The first-order chi connectivity index (χ1) is 7.34. The zero-order chi connectivity index (χ0) is 12.9. The summed E-state index contributed by atoms with van der Waals surface area (Å²) in [6.07, 6.45) is 0.190. The molecule has 16 heavy (non-hydrogen) atoms. The molecular formula is C13H30O2Si. The third-order valence-electron chi connectivity index (χ3n) is 3.55. The minimum Gasteiger partial charge on any atom is -0.419 e. The molecule has 0 aliphatic carbocycles. The second kappa shape index (κ2) is 6.77. The molecular weight excluding hydrogens is 216 g/mol. The van der Waals surface area contributed by atoms with Crippen LogP contribution in [0.15, 0.2) is 0 Å². The van der Waals surface area contributed by atoms with Crippen LogP contribution in [0.5, 0.6) is 0 Å². The predicted octanol–water partition coefficient (Wildman–Crippen LogP) is 2.40. The van der Waals surface area contributed by atoms with Crippen LogP contribution in [0.25, 0.3) is 0 Å². The Morgan fingerprint density at radius 2 is 1.44 bits per heavy atom. The fraction of sp³-hybridized carbons (Fsp3) is 1.00. The fourth-order valence-corrected chi connectivity index (χ4v) is 4.11. The third-order valence-corrected chi connectivity index (χ3v) is 4.26. The van der Waals surface area contributed by atoms with E-state index in [1.54, 1.807) is 0 Å². The van der Waals surface area contributed by atoms with Gasteiger partial charge >= 0.3 is 0 Å². The molecule has 0 aromatic carbocycles. The van der Waals surface area contributed by atoms with Crippen molar-refractivity contribution >= 4 is 10.5 Å². The molecule has 3 heteroatoms. The molecule has 0 aliphatic heterocycles. The summed E-state index contributed by atoms with van der Waals surface area (Å²) < 4.78 is 12.0. The van der Waals surface area contributed by atoms with Crippen LogP contribution in [0, 0.1) is 17.8 Å². The molecule has 0 saturated carbocycles. The molecule has 2 nitrogen and oxygen atoms in total. The number of ether oxygens (including phenoxy) is 1. The van der Waals surface area contributed by atoms with Gasteiger partial charge in [-0.2, -0.15) is 0 Å². The molecule has 0 radical (unpaired) electrons. The third kappa shape index (κ3) is 3.08. The van der Waals surface area contributed by atoms with Crippen LogP contribution in [0.2, 0.25) is 0 Å². The molecule has 0 fully saturated rings. The van der Waals surface area contributed by atoms with Gasteiger partial charge < -0.3 is 9.16 Å². The highest BCUT2D eigenvalue weighted by molar-refractivity contribution is 5.98. The topological polar surface area (TPSA) is 18.5 Å². The van der Waals surface area contributed by atoms with Gasteiger partial charge in [0, 0.05) is 6.61 Å². The van der Waals surface area contributed by atoms with E-state index >= 15 is 0 Å². The van der Waals surface area contributed by atoms with Crippen LogP contribution in [-0.2, 0) is 9.16 Å². The summed E-state index contributed by atoms with van der Waals surface area (Å²) in [4.78, 5) is 0. The summed E-state index contributed by atoms with van der Waals surface area (Å²) in [5.41, 5.74) is -0.129. The lowest BCUT2D eigenvalue weighted by atomic mass is 9.72. The van der Waals surface area contributed by atoms with Gasteiger partial charge in [-0.25, -0.2) is 0 Å². The average molecular weight is 246 g/mol. The Hall–Kier alpha value is 0.137. The molecule has 98 valence electrons. The van der Waals surface area contributed by atoms with E-state index in [-0.39, 0.29) is 11.7 Å². The van der Waals surface area contributed by atoms with Crippen molar-refractivity contribution in [3.63, 3.8) is 0 Å². The molecule has 1 unspecified atom stereocenters. The zero-order valence-electron chi connectivity index (χ0n) is 12.3. The van der Waals surface area contributed by atoms with Crippen molar-refractivity contribution < 1.29 is 9.16 Å². The lowest BCUT2D eigenvalue weighted by Gasteiger charge is -2.48. The second-order valence-corrected chi connectivity index (χ2v) is 5.90. The van der Waals surface area contributed by atoms with Crippen molar-refractivity contribution in [1.29, 1.82) is 0 Å². The molecule has 0 aliphatic rings. The molecule has 0 aromatic heterocycles. The smallest absolute Gasteiger partial charge is 0.146 e. The van der Waals surface area contributed by atoms with E-state index in [1.807, 2.05) is 0 Å². The largest absolute Gasteiger partial charge is 0.419 e. The second-order valence-electron chi connectivity index (χ2n) is 5.49. The number of rotatable bonds is 7. The summed E-state index contributed by atoms with van der Waals surface area (Å²) in [5.74, 6) is 1.44. The van der Waals surface area contributed by atoms with E-state index in [1.165, 1.54) is 0 Å². The lowest BCUT2D eigenvalue weighted by Crippen LogP contribution is -2.56. The first-order valence-corrected chi connectivity index (χ1v) is 7.32. The van der Waals surface area contributed by atoms with Gasteiger partial charge in [0.15, 0.2) is 0 Å². The van der Waals surface area contributed by atoms with Gasteiger partial charge in [0.05, 0.1) is 11.7 Å². The number of hydrogen-bond donors (Lipinski definition) is 0. The Morgan fingerprint density at radius 3 is 1.62 bits per heavy atom. The minimum atomic E-state index is -0.129. The minimum absolute atomic E-state index is 0.129. The molecule has 0 spiro atoms. The first kappa shape index (κ1) is 16.1. The summed E-state index contributed by atoms with van der Waals surface area (Å²) in [6.45, 7) is 16.2. The molecule has 0 amide bonds. The Morgan fingerprint density at radius 1 is 1.00 bits per heavy atom. The Kier molecular flexibility index (Phi) is 6.83. The van der Waals surface area contributed by atoms with E-state index in [0.717, 1.165) is 17.1 Å². The Bertz CT molecular complexity index is 182. The summed E-state index contributed by atoms with van der Waals surface area (Å²) in [7, 11) is 0.763. The highest BCUT2D eigenvalue weighted by Gasteiger charge is 2.46. The van der Waals surface area contributed by atoms with Crippen molar-refractivity contribution in [2.75, 3.05) is 6.61 Å². The maximum atomic E-state index is 6.05. The van der Waals surface area contributed by atoms with Gasteiger partial charge in [-0.15, -0.1) is 0 Å². The van der Waals surface area contributed by atoms with E-state index < -0.39 is 0 Å². The fourth-order valence-electron chi connectivity index (χ4n) is 2.93. The molecule has 0 heterocycles. The van der Waals surface area contributed by atoms with Gasteiger partial charge in [0.25, 0.3) is 0 Å². The Labute approximate surface area is 105 Å². The normalized spacial score (nSPS) is 15.4. The van der Waals surface area contributed by atoms with Gasteiger partial charge in [-0.05, 0) is 24.7 Å². The SMILES string of the molecule is CCOC(C(C)C)C(O[SiH3])(C(C)C)C(C)C.